The van der Waals surface area contributed by atoms with Crippen molar-refractivity contribution in [3.05, 3.63) is 0 Å². The molecule has 2 radical (unpaired) electrons. The van der Waals surface area contributed by atoms with Gasteiger partial charge < -0.3 is 5.11 Å². The predicted molar refractivity (Wildman–Crippen MR) is 34.5 cm³/mol. The van der Waals surface area contributed by atoms with E-state index in [2.05, 4.69) is 22.5 Å². The average molecular weight is 227 g/mol. The Hall–Kier alpha value is 0.619. The average Bonchev–Trinajstić information content (AvgIpc) is 1.33. The van der Waals surface area contributed by atoms with E-state index in [1.54, 1.807) is 0 Å². The molecule has 0 bridgehead atoms. The second kappa shape index (κ2) is 9.80. The molecule has 0 atom stereocenters. The van der Waals surface area contributed by atoms with Crippen LogP contribution in [0.4, 0.5) is 4.79 Å². The molecule has 0 spiro atoms. The molecule has 0 saturated heterocycles. The van der Waals surface area contributed by atoms with E-state index in [1.807, 2.05) is 0 Å². The van der Waals surface area contributed by atoms with Crippen molar-refractivity contribution in [1.29, 1.82) is 0 Å². The number of thiol groups is 1. The molecule has 0 unspecified atom stereocenters. The van der Waals surface area contributed by atoms with Crippen LogP contribution in [-0.4, -0.2) is 31.6 Å². The van der Waals surface area contributed by atoms with Gasteiger partial charge in [0.05, 0.1) is 0 Å². The van der Waals surface area contributed by atoms with Gasteiger partial charge in [-0.15, -0.1) is 0 Å². The third kappa shape index (κ3) is 369. The quantitative estimate of drug-likeness (QED) is 0.484. The Kier molecular flexibility index (Phi) is 14.8. The van der Waals surface area contributed by atoms with E-state index in [-0.39, 0.29) is 21.1 Å². The summed E-state index contributed by atoms with van der Waals surface area (Å²) >= 11 is 3.11. The molecule has 4 heteroatoms. The molecule has 0 fully saturated rings. The fourth-order valence-corrected chi connectivity index (χ4v) is 0. The van der Waals surface area contributed by atoms with Gasteiger partial charge in [-0.25, -0.2) is 4.79 Å². The third-order valence-corrected chi connectivity index (χ3v) is 0. The summed E-state index contributed by atoms with van der Waals surface area (Å²) in [6, 6.07) is 0. The van der Waals surface area contributed by atoms with Crippen LogP contribution in [0.1, 0.15) is 0 Å². The zero-order valence-corrected chi connectivity index (χ0v) is 8.05. The van der Waals surface area contributed by atoms with Crippen LogP contribution < -0.4 is 0 Å². The van der Waals surface area contributed by atoms with Crippen molar-refractivity contribution in [2.75, 3.05) is 0 Å². The molecule has 0 aromatic rings. The summed E-state index contributed by atoms with van der Waals surface area (Å²) in [5.74, 6) is 0. The van der Waals surface area contributed by atoms with Crippen LogP contribution in [0.3, 0.4) is 0 Å². The van der Waals surface area contributed by atoms with E-state index in [9.17, 15) is 0 Å². The first-order chi connectivity index (χ1) is 3.15. The van der Waals surface area contributed by atoms with Crippen LogP contribution in [-0.2, 0) is 0 Å². The van der Waals surface area contributed by atoms with Crippen molar-refractivity contribution in [2.24, 2.45) is 0 Å². The number of hydrogen-bond acceptors (Lipinski definition) is 1. The minimum absolute atomic E-state index is 0.230. The first-order valence-corrected chi connectivity index (χ1v) is 7.81. The van der Waals surface area contributed by atoms with Crippen molar-refractivity contribution < 1.29 is 9.90 Å². The summed E-state index contributed by atoms with van der Waals surface area (Å²) in [6.07, 6.45) is 0. The van der Waals surface area contributed by atoms with Gasteiger partial charge in [-0.1, -0.05) is 12.6 Å². The Labute approximate surface area is 58.9 Å². The molecule has 0 aliphatic carbocycles. The fraction of sp³-hybridized carbons (Fsp3) is 0.667. The summed E-state index contributed by atoms with van der Waals surface area (Å²) < 4.78 is 0. The molecule has 0 heterocycles. The Balaban J connectivity index is 0. The van der Waals surface area contributed by atoms with E-state index >= 15 is 0 Å². The van der Waals surface area contributed by atoms with Crippen molar-refractivity contribution in [3.8, 4) is 0 Å². The summed E-state index contributed by atoms with van der Waals surface area (Å²) in [5, 5.41) is 6.14. The van der Waals surface area contributed by atoms with E-state index in [0.29, 0.717) is 0 Å². The van der Waals surface area contributed by atoms with E-state index in [1.165, 1.54) is 0 Å². The SMILES string of the molecule is O=C(O)S.[CH3][Sn][CH3]. The zero-order valence-electron chi connectivity index (χ0n) is 4.30. The van der Waals surface area contributed by atoms with Crippen LogP contribution in [0, 0.1) is 0 Å². The standard InChI is InChI=1S/CH2O2S.2CH3.Sn/c2-1(3)4;;;/h4H,(H,2,3);2*1H3;. The van der Waals surface area contributed by atoms with Gasteiger partial charge in [-0.3, -0.25) is 0 Å². The Morgan fingerprint density at radius 2 is 1.71 bits per heavy atom. The van der Waals surface area contributed by atoms with Crippen molar-refractivity contribution in [2.45, 2.75) is 9.88 Å². The van der Waals surface area contributed by atoms with Gasteiger partial charge in [0.25, 0.3) is 0 Å². The summed E-state index contributed by atoms with van der Waals surface area (Å²) in [5.41, 5.74) is 0. The maximum absolute atomic E-state index is 8.86. The molecule has 0 aliphatic heterocycles. The van der Waals surface area contributed by atoms with E-state index in [0.717, 1.165) is 0 Å². The third-order valence-electron chi connectivity index (χ3n) is 0. The van der Waals surface area contributed by atoms with Crippen molar-refractivity contribution in [3.63, 3.8) is 0 Å². The van der Waals surface area contributed by atoms with Crippen LogP contribution in [0.5, 0.6) is 0 Å². The van der Waals surface area contributed by atoms with Crippen molar-refractivity contribution >= 4 is 39.1 Å². The van der Waals surface area contributed by atoms with Gasteiger partial charge in [0, 0.05) is 0 Å². The Morgan fingerprint density at radius 1 is 1.71 bits per heavy atom. The van der Waals surface area contributed by atoms with Gasteiger partial charge in [-0.05, 0) is 0 Å². The second-order valence-corrected chi connectivity index (χ2v) is 4.02. The summed E-state index contributed by atoms with van der Waals surface area (Å²) in [4.78, 5) is 13.5. The first kappa shape index (κ1) is 10.6. The summed E-state index contributed by atoms with van der Waals surface area (Å²) in [7, 11) is 0. The summed E-state index contributed by atoms with van der Waals surface area (Å²) in [6.45, 7) is 0. The van der Waals surface area contributed by atoms with Crippen LogP contribution in [0.25, 0.3) is 0 Å². The van der Waals surface area contributed by atoms with Crippen molar-refractivity contribution in [1.82, 2.24) is 0 Å². The molecule has 0 aromatic heterocycles. The van der Waals surface area contributed by atoms with Gasteiger partial charge in [0.15, 0.2) is 0 Å². The second-order valence-electron chi connectivity index (χ2n) is 0.783. The molecule has 1 N–H and O–H groups in total. The van der Waals surface area contributed by atoms with E-state index < -0.39 is 5.30 Å². The molecule has 0 aliphatic rings. The molecular weight excluding hydrogens is 219 g/mol. The van der Waals surface area contributed by atoms with Crippen LogP contribution in [0.15, 0.2) is 0 Å². The number of hydrogen-bond donors (Lipinski definition) is 2. The molecule has 0 amide bonds. The molecule has 7 heavy (non-hydrogen) atoms. The normalized spacial score (nSPS) is 6.14. The van der Waals surface area contributed by atoms with Crippen LogP contribution >= 0.6 is 12.6 Å². The van der Waals surface area contributed by atoms with Gasteiger partial charge >= 0.3 is 36.3 Å². The molecule has 0 aromatic carbocycles. The topological polar surface area (TPSA) is 37.3 Å². The van der Waals surface area contributed by atoms with Gasteiger partial charge in [0.1, 0.15) is 0 Å². The minimum atomic E-state index is -1.14. The molecular formula is C3H8O2SSn. The Morgan fingerprint density at radius 3 is 1.71 bits per heavy atom. The monoisotopic (exact) mass is 228 g/mol. The predicted octanol–water partition coefficient (Wildman–Crippen LogP) is 1.38. The first-order valence-electron chi connectivity index (χ1n) is 1.65. The van der Waals surface area contributed by atoms with Gasteiger partial charge in [-0.2, -0.15) is 0 Å². The Bertz CT molecular complexity index is 44.2. The number of carbonyl (C=O) groups is 1. The maximum atomic E-state index is 8.86. The number of carboxylic acid groups (broad SMARTS) is 1. The van der Waals surface area contributed by atoms with Gasteiger partial charge in [0.2, 0.25) is 0 Å². The zero-order chi connectivity index (χ0) is 6.28. The molecule has 2 nitrogen and oxygen atoms in total. The van der Waals surface area contributed by atoms with Crippen LogP contribution in [0.2, 0.25) is 9.88 Å². The number of rotatable bonds is 0. The molecule has 0 saturated carbocycles. The fourth-order valence-electron chi connectivity index (χ4n) is 0. The van der Waals surface area contributed by atoms with E-state index in [4.69, 9.17) is 9.90 Å². The molecule has 42 valence electrons. The molecule has 0 rings (SSSR count).